The first kappa shape index (κ1) is 14.0. The zero-order valence-corrected chi connectivity index (χ0v) is 12.8. The molecule has 0 aromatic heterocycles. The highest BCUT2D eigenvalue weighted by atomic mass is 35.5. The average molecular weight is 328 g/mol. The van der Waals surface area contributed by atoms with E-state index in [2.05, 4.69) is 17.4 Å². The molecule has 3 rings (SSSR count). The zero-order valence-electron chi connectivity index (χ0n) is 10.5. The summed E-state index contributed by atoms with van der Waals surface area (Å²) in [5.74, 6) is 0. The molecule has 2 aromatic rings. The van der Waals surface area contributed by atoms with Crippen LogP contribution in [0.25, 0.3) is 0 Å². The zero-order chi connectivity index (χ0) is 14.3. The molecule has 0 fully saturated rings. The average Bonchev–Trinajstić information content (AvgIpc) is 2.74. The molecule has 0 amide bonds. The maximum absolute atomic E-state index is 6.21. The van der Waals surface area contributed by atoms with Gasteiger partial charge in [-0.3, -0.25) is 0 Å². The van der Waals surface area contributed by atoms with Crippen molar-refractivity contribution >= 4 is 40.5 Å². The van der Waals surface area contributed by atoms with Crippen LogP contribution in [0, 0.1) is 0 Å². The molecule has 3 N–H and O–H groups in total. The van der Waals surface area contributed by atoms with E-state index in [1.54, 1.807) is 12.1 Å². The summed E-state index contributed by atoms with van der Waals surface area (Å²) in [4.78, 5) is 0. The topological polar surface area (TPSA) is 38.0 Å². The Morgan fingerprint density at radius 2 is 1.60 bits per heavy atom. The van der Waals surface area contributed by atoms with Gasteiger partial charge < -0.3 is 11.1 Å². The minimum absolute atomic E-state index is 0.0465. The fraction of sp³-hybridized carbons (Fsp3) is 0.200. The van der Waals surface area contributed by atoms with Gasteiger partial charge in [-0.25, -0.2) is 0 Å². The number of rotatable bonds is 2. The molecule has 0 bridgehead atoms. The van der Waals surface area contributed by atoms with Crippen molar-refractivity contribution < 1.29 is 0 Å². The van der Waals surface area contributed by atoms with Gasteiger partial charge in [0.1, 0.15) is 0 Å². The second-order valence-corrected chi connectivity index (χ2v) is 6.14. The number of anilines is 1. The Morgan fingerprint density at radius 3 is 2.35 bits per heavy atom. The van der Waals surface area contributed by atoms with Crippen LogP contribution in [0.5, 0.6) is 0 Å². The number of hydrogen-bond donors (Lipinski definition) is 2. The third kappa shape index (κ3) is 2.49. The van der Waals surface area contributed by atoms with Crippen molar-refractivity contribution in [3.63, 3.8) is 0 Å². The van der Waals surface area contributed by atoms with Crippen LogP contribution in [0.2, 0.25) is 15.1 Å². The lowest BCUT2D eigenvalue weighted by Gasteiger charge is -2.17. The van der Waals surface area contributed by atoms with E-state index in [1.807, 2.05) is 12.1 Å². The molecule has 104 valence electrons. The molecular formula is C15H13Cl3N2. The van der Waals surface area contributed by atoms with Gasteiger partial charge >= 0.3 is 0 Å². The van der Waals surface area contributed by atoms with Crippen molar-refractivity contribution in [2.24, 2.45) is 5.73 Å². The Labute approximate surface area is 132 Å². The second kappa shape index (κ2) is 5.45. The molecule has 20 heavy (non-hydrogen) atoms. The first-order valence-corrected chi connectivity index (χ1v) is 7.45. The van der Waals surface area contributed by atoms with Gasteiger partial charge in [-0.05, 0) is 29.7 Å². The third-order valence-electron chi connectivity index (χ3n) is 3.60. The minimum Gasteiger partial charge on any atom is -0.377 e. The Kier molecular flexibility index (Phi) is 3.83. The van der Waals surface area contributed by atoms with Crippen LogP contribution < -0.4 is 11.1 Å². The summed E-state index contributed by atoms with van der Waals surface area (Å²) in [6, 6.07) is 11.8. The second-order valence-electron chi connectivity index (χ2n) is 4.91. The van der Waals surface area contributed by atoms with Gasteiger partial charge in [0.25, 0.3) is 0 Å². The largest absolute Gasteiger partial charge is 0.377 e. The molecule has 1 aliphatic carbocycles. The summed E-state index contributed by atoms with van der Waals surface area (Å²) in [5, 5.41) is 4.89. The molecule has 1 aliphatic rings. The SMILES string of the molecule is NC1CC(Nc2cc(Cl)c(Cl)cc2Cl)c2ccccc21. The molecule has 2 aromatic carbocycles. The summed E-state index contributed by atoms with van der Waals surface area (Å²) >= 11 is 18.2. The number of nitrogens with two attached hydrogens (primary N) is 1. The van der Waals surface area contributed by atoms with E-state index in [0.29, 0.717) is 15.1 Å². The number of fused-ring (bicyclic) bond motifs is 1. The molecule has 0 aliphatic heterocycles. The smallest absolute Gasteiger partial charge is 0.0653 e. The highest BCUT2D eigenvalue weighted by Crippen LogP contribution is 2.41. The summed E-state index contributed by atoms with van der Waals surface area (Å²) in [5.41, 5.74) is 9.33. The summed E-state index contributed by atoms with van der Waals surface area (Å²) in [6.45, 7) is 0. The molecule has 2 atom stereocenters. The van der Waals surface area contributed by atoms with Crippen molar-refractivity contribution in [1.29, 1.82) is 0 Å². The lowest BCUT2D eigenvalue weighted by atomic mass is 10.1. The number of hydrogen-bond acceptors (Lipinski definition) is 2. The number of halogens is 3. The molecule has 2 unspecified atom stereocenters. The fourth-order valence-electron chi connectivity index (χ4n) is 2.63. The van der Waals surface area contributed by atoms with Crippen LogP contribution in [0.3, 0.4) is 0 Å². The van der Waals surface area contributed by atoms with Crippen LogP contribution in [0.4, 0.5) is 5.69 Å². The maximum Gasteiger partial charge on any atom is 0.0653 e. The quantitative estimate of drug-likeness (QED) is 0.744. The highest BCUT2D eigenvalue weighted by Gasteiger charge is 2.28. The van der Waals surface area contributed by atoms with Crippen LogP contribution in [0.15, 0.2) is 36.4 Å². The van der Waals surface area contributed by atoms with Crippen LogP contribution in [-0.4, -0.2) is 0 Å². The van der Waals surface area contributed by atoms with E-state index in [9.17, 15) is 0 Å². The molecule has 0 saturated carbocycles. The van der Waals surface area contributed by atoms with Crippen LogP contribution in [-0.2, 0) is 0 Å². The van der Waals surface area contributed by atoms with Gasteiger partial charge in [0.05, 0.1) is 26.8 Å². The van der Waals surface area contributed by atoms with Crippen LogP contribution in [0.1, 0.15) is 29.6 Å². The highest BCUT2D eigenvalue weighted by molar-refractivity contribution is 6.44. The monoisotopic (exact) mass is 326 g/mol. The van der Waals surface area contributed by atoms with E-state index in [1.165, 1.54) is 11.1 Å². The Morgan fingerprint density at radius 1 is 0.950 bits per heavy atom. The van der Waals surface area contributed by atoms with Gasteiger partial charge in [-0.15, -0.1) is 0 Å². The maximum atomic E-state index is 6.21. The molecule has 0 saturated heterocycles. The first-order chi connectivity index (χ1) is 9.56. The molecule has 0 radical (unpaired) electrons. The van der Waals surface area contributed by atoms with Crippen molar-refractivity contribution in [3.8, 4) is 0 Å². The van der Waals surface area contributed by atoms with E-state index in [4.69, 9.17) is 40.5 Å². The van der Waals surface area contributed by atoms with Gasteiger partial charge in [0, 0.05) is 6.04 Å². The number of benzene rings is 2. The third-order valence-corrected chi connectivity index (χ3v) is 4.64. The fourth-order valence-corrected chi connectivity index (χ4v) is 3.23. The standard InChI is InChI=1S/C15H13Cl3N2/c16-10-5-12(18)15(6-11(10)17)20-14-7-13(19)8-3-1-2-4-9(8)14/h1-6,13-14,20H,7,19H2. The van der Waals surface area contributed by atoms with Gasteiger partial charge in [-0.2, -0.15) is 0 Å². The molecule has 5 heteroatoms. The summed E-state index contributed by atoms with van der Waals surface area (Å²) < 4.78 is 0. The molecule has 0 heterocycles. The molecule has 0 spiro atoms. The normalized spacial score (nSPS) is 20.8. The lowest BCUT2D eigenvalue weighted by Crippen LogP contribution is -2.10. The molecule has 2 nitrogen and oxygen atoms in total. The van der Waals surface area contributed by atoms with Crippen molar-refractivity contribution in [2.75, 3.05) is 5.32 Å². The van der Waals surface area contributed by atoms with Gasteiger partial charge in [0.2, 0.25) is 0 Å². The predicted molar refractivity (Wildman–Crippen MR) is 85.8 cm³/mol. The van der Waals surface area contributed by atoms with Crippen molar-refractivity contribution in [2.45, 2.75) is 18.5 Å². The van der Waals surface area contributed by atoms with Crippen LogP contribution >= 0.6 is 34.8 Å². The summed E-state index contributed by atoms with van der Waals surface area (Å²) in [7, 11) is 0. The first-order valence-electron chi connectivity index (χ1n) is 6.31. The van der Waals surface area contributed by atoms with Crippen molar-refractivity contribution in [3.05, 3.63) is 62.6 Å². The van der Waals surface area contributed by atoms with Gasteiger partial charge in [-0.1, -0.05) is 59.1 Å². The van der Waals surface area contributed by atoms with Crippen molar-refractivity contribution in [1.82, 2.24) is 0 Å². The van der Waals surface area contributed by atoms with E-state index >= 15 is 0 Å². The van der Waals surface area contributed by atoms with Gasteiger partial charge in [0.15, 0.2) is 0 Å². The lowest BCUT2D eigenvalue weighted by molar-refractivity contribution is 0.648. The Balaban J connectivity index is 1.92. The minimum atomic E-state index is 0.0465. The van der Waals surface area contributed by atoms with E-state index in [-0.39, 0.29) is 12.1 Å². The van der Waals surface area contributed by atoms with E-state index < -0.39 is 0 Å². The summed E-state index contributed by atoms with van der Waals surface area (Å²) in [6.07, 6.45) is 0.829. The molecular weight excluding hydrogens is 315 g/mol. The predicted octanol–water partition coefficient (Wildman–Crippen LogP) is 5.20. The Bertz CT molecular complexity index is 658. The van der Waals surface area contributed by atoms with E-state index in [0.717, 1.165) is 12.1 Å². The Hall–Kier alpha value is -0.930. The number of nitrogens with one attached hydrogen (secondary N) is 1.